The third-order valence-corrected chi connectivity index (χ3v) is 2.94. The molecule has 5 nitrogen and oxygen atoms in total. The lowest BCUT2D eigenvalue weighted by atomic mass is 10.2. The van der Waals surface area contributed by atoms with Crippen LogP contribution in [0.5, 0.6) is 0 Å². The summed E-state index contributed by atoms with van der Waals surface area (Å²) in [4.78, 5) is 12.9. The highest BCUT2D eigenvalue weighted by Gasteiger charge is 2.10. The lowest BCUT2D eigenvalue weighted by Crippen LogP contribution is -2.36. The number of morpholine rings is 1. The number of amides is 1. The van der Waals surface area contributed by atoms with Gasteiger partial charge in [-0.05, 0) is 24.3 Å². The number of benzene rings is 1. The Morgan fingerprint density at radius 3 is 2.56 bits per heavy atom. The Hall–Kier alpha value is -1.75. The maximum Gasteiger partial charge on any atom is 0.219 e. The highest BCUT2D eigenvalue weighted by atomic mass is 16.5. The minimum absolute atomic E-state index is 0.285. The maximum absolute atomic E-state index is 10.6. The van der Waals surface area contributed by atoms with Gasteiger partial charge in [-0.15, -0.1) is 0 Å². The smallest absolute Gasteiger partial charge is 0.219 e. The number of carbonyl (C=O) groups excluding carboxylic acids is 1. The van der Waals surface area contributed by atoms with Crippen LogP contribution in [0.3, 0.4) is 0 Å². The molecule has 0 aromatic heterocycles. The predicted molar refractivity (Wildman–Crippen MR) is 71.8 cm³/mol. The molecule has 1 aliphatic rings. The van der Waals surface area contributed by atoms with Crippen LogP contribution in [0.25, 0.3) is 0 Å². The Morgan fingerprint density at radius 2 is 1.94 bits per heavy atom. The maximum atomic E-state index is 10.6. The predicted octanol–water partition coefficient (Wildman–Crippen LogP) is 0.810. The molecular weight excluding hydrogens is 230 g/mol. The molecule has 0 radical (unpaired) electrons. The summed E-state index contributed by atoms with van der Waals surface area (Å²) in [6.07, 6.45) is 0.352. The van der Waals surface area contributed by atoms with Gasteiger partial charge in [0.15, 0.2) is 0 Å². The highest BCUT2D eigenvalue weighted by molar-refractivity contribution is 5.74. The van der Waals surface area contributed by atoms with Crippen LogP contribution in [0.1, 0.15) is 6.42 Å². The van der Waals surface area contributed by atoms with Crippen molar-refractivity contribution >= 4 is 17.3 Å². The zero-order valence-electron chi connectivity index (χ0n) is 10.4. The van der Waals surface area contributed by atoms with Crippen LogP contribution in [0.15, 0.2) is 24.3 Å². The number of ether oxygens (including phenoxy) is 1. The van der Waals surface area contributed by atoms with Crippen molar-refractivity contribution in [2.24, 2.45) is 5.73 Å². The van der Waals surface area contributed by atoms with Crippen molar-refractivity contribution in [2.45, 2.75) is 6.42 Å². The molecule has 1 aromatic rings. The summed E-state index contributed by atoms with van der Waals surface area (Å²) >= 11 is 0. The molecular formula is C13H19N3O2. The van der Waals surface area contributed by atoms with Gasteiger partial charge < -0.3 is 20.7 Å². The summed E-state index contributed by atoms with van der Waals surface area (Å²) in [7, 11) is 0. The first-order chi connectivity index (χ1) is 8.75. The summed E-state index contributed by atoms with van der Waals surface area (Å²) in [6, 6.07) is 8.20. The monoisotopic (exact) mass is 249 g/mol. The van der Waals surface area contributed by atoms with E-state index in [1.165, 1.54) is 5.69 Å². The van der Waals surface area contributed by atoms with Crippen molar-refractivity contribution in [3.63, 3.8) is 0 Å². The Morgan fingerprint density at radius 1 is 1.28 bits per heavy atom. The first-order valence-corrected chi connectivity index (χ1v) is 6.20. The van der Waals surface area contributed by atoms with Crippen molar-refractivity contribution in [1.82, 2.24) is 0 Å². The van der Waals surface area contributed by atoms with Crippen LogP contribution in [0, 0.1) is 0 Å². The van der Waals surface area contributed by atoms with E-state index >= 15 is 0 Å². The molecule has 0 unspecified atom stereocenters. The average molecular weight is 249 g/mol. The number of nitrogens with two attached hydrogens (primary N) is 1. The Bertz CT molecular complexity index is 386. The molecule has 1 saturated heterocycles. The molecule has 2 rings (SSSR count). The van der Waals surface area contributed by atoms with E-state index in [2.05, 4.69) is 22.3 Å². The first kappa shape index (κ1) is 12.7. The number of primary amides is 1. The van der Waals surface area contributed by atoms with Gasteiger partial charge in [-0.3, -0.25) is 4.79 Å². The topological polar surface area (TPSA) is 67.6 Å². The normalized spacial score (nSPS) is 15.4. The molecule has 0 aliphatic carbocycles. The molecule has 5 heteroatoms. The third kappa shape index (κ3) is 3.63. The van der Waals surface area contributed by atoms with E-state index in [9.17, 15) is 4.79 Å². The fourth-order valence-corrected chi connectivity index (χ4v) is 1.94. The van der Waals surface area contributed by atoms with Crippen molar-refractivity contribution in [2.75, 3.05) is 43.1 Å². The summed E-state index contributed by atoms with van der Waals surface area (Å²) in [5, 5.41) is 3.16. The highest BCUT2D eigenvalue weighted by Crippen LogP contribution is 2.18. The van der Waals surface area contributed by atoms with Crippen LogP contribution < -0.4 is 16.0 Å². The third-order valence-electron chi connectivity index (χ3n) is 2.94. The van der Waals surface area contributed by atoms with E-state index in [1.807, 2.05) is 12.1 Å². The first-order valence-electron chi connectivity index (χ1n) is 6.20. The van der Waals surface area contributed by atoms with Crippen LogP contribution in [-0.4, -0.2) is 38.8 Å². The molecule has 3 N–H and O–H groups in total. The molecule has 0 saturated carbocycles. The fraction of sp³-hybridized carbons (Fsp3) is 0.462. The van der Waals surface area contributed by atoms with Gasteiger partial charge in [0, 0.05) is 37.4 Å². The van der Waals surface area contributed by atoms with Gasteiger partial charge in [-0.25, -0.2) is 0 Å². The molecule has 1 amide bonds. The number of nitrogens with zero attached hydrogens (tertiary/aromatic N) is 1. The van der Waals surface area contributed by atoms with Crippen LogP contribution in [-0.2, 0) is 9.53 Å². The van der Waals surface area contributed by atoms with Crippen molar-refractivity contribution in [3.8, 4) is 0 Å². The molecule has 0 spiro atoms. The number of hydrogen-bond donors (Lipinski definition) is 2. The lowest BCUT2D eigenvalue weighted by molar-refractivity contribution is -0.117. The SMILES string of the molecule is NC(=O)CCNc1ccc(N2CCOCC2)cc1. The molecule has 1 aromatic carbocycles. The summed E-state index contributed by atoms with van der Waals surface area (Å²) in [6.45, 7) is 4.03. The molecule has 0 atom stereocenters. The van der Waals surface area contributed by atoms with Gasteiger partial charge in [-0.1, -0.05) is 0 Å². The van der Waals surface area contributed by atoms with Gasteiger partial charge in [0.05, 0.1) is 13.2 Å². The second-order valence-corrected chi connectivity index (χ2v) is 4.29. The fourth-order valence-electron chi connectivity index (χ4n) is 1.94. The second kappa shape index (κ2) is 6.26. The van der Waals surface area contributed by atoms with Gasteiger partial charge in [0.2, 0.25) is 5.91 Å². The van der Waals surface area contributed by atoms with Crippen molar-refractivity contribution < 1.29 is 9.53 Å². The molecule has 98 valence electrons. The van der Waals surface area contributed by atoms with Crippen molar-refractivity contribution in [1.29, 1.82) is 0 Å². The average Bonchev–Trinajstić information content (AvgIpc) is 2.40. The van der Waals surface area contributed by atoms with E-state index in [-0.39, 0.29) is 5.91 Å². The Kier molecular flexibility index (Phi) is 4.41. The molecule has 1 fully saturated rings. The number of rotatable bonds is 5. The van der Waals surface area contributed by atoms with E-state index in [0.717, 1.165) is 32.0 Å². The number of hydrogen-bond acceptors (Lipinski definition) is 4. The van der Waals surface area contributed by atoms with Gasteiger partial charge in [-0.2, -0.15) is 0 Å². The van der Waals surface area contributed by atoms with Gasteiger partial charge >= 0.3 is 0 Å². The van der Waals surface area contributed by atoms with Crippen molar-refractivity contribution in [3.05, 3.63) is 24.3 Å². The van der Waals surface area contributed by atoms with E-state index in [0.29, 0.717) is 13.0 Å². The van der Waals surface area contributed by atoms with E-state index < -0.39 is 0 Å². The summed E-state index contributed by atoms with van der Waals surface area (Å²) in [5.74, 6) is -0.285. The quantitative estimate of drug-likeness (QED) is 0.810. The van der Waals surface area contributed by atoms with Crippen LogP contribution in [0.2, 0.25) is 0 Å². The van der Waals surface area contributed by atoms with Gasteiger partial charge in [0.1, 0.15) is 0 Å². The minimum Gasteiger partial charge on any atom is -0.385 e. The van der Waals surface area contributed by atoms with E-state index in [4.69, 9.17) is 10.5 Å². The Balaban J connectivity index is 1.86. The minimum atomic E-state index is -0.285. The van der Waals surface area contributed by atoms with E-state index in [1.54, 1.807) is 0 Å². The molecule has 18 heavy (non-hydrogen) atoms. The van der Waals surface area contributed by atoms with Crippen LogP contribution in [0.4, 0.5) is 11.4 Å². The zero-order chi connectivity index (χ0) is 12.8. The molecule has 0 bridgehead atoms. The number of nitrogens with one attached hydrogen (secondary N) is 1. The Labute approximate surface area is 107 Å². The van der Waals surface area contributed by atoms with Gasteiger partial charge in [0.25, 0.3) is 0 Å². The van der Waals surface area contributed by atoms with Crippen LogP contribution >= 0.6 is 0 Å². The number of anilines is 2. The summed E-state index contributed by atoms with van der Waals surface area (Å²) < 4.78 is 5.32. The molecule has 1 heterocycles. The second-order valence-electron chi connectivity index (χ2n) is 4.29. The summed E-state index contributed by atoms with van der Waals surface area (Å²) in [5.41, 5.74) is 7.30. The lowest BCUT2D eigenvalue weighted by Gasteiger charge is -2.28. The number of carbonyl (C=O) groups is 1. The molecule has 1 aliphatic heterocycles. The standard InChI is InChI=1S/C13H19N3O2/c14-13(17)5-6-15-11-1-3-12(4-2-11)16-7-9-18-10-8-16/h1-4,15H,5-10H2,(H2,14,17). The largest absolute Gasteiger partial charge is 0.385 e. The zero-order valence-corrected chi connectivity index (χ0v) is 10.4.